The second-order valence-corrected chi connectivity index (χ2v) is 9.58. The average Bonchev–Trinajstić information content (AvgIpc) is 3.49. The van der Waals surface area contributed by atoms with Crippen LogP contribution in [-0.4, -0.2) is 34.2 Å². The van der Waals surface area contributed by atoms with Crippen molar-refractivity contribution in [2.75, 3.05) is 4.72 Å². The van der Waals surface area contributed by atoms with Gasteiger partial charge in [0.1, 0.15) is 10.7 Å². The van der Waals surface area contributed by atoms with E-state index in [1.807, 2.05) is 6.07 Å². The lowest BCUT2D eigenvalue weighted by Gasteiger charge is -2.12. The molecule has 1 aliphatic heterocycles. The van der Waals surface area contributed by atoms with Crippen LogP contribution in [0.3, 0.4) is 0 Å². The summed E-state index contributed by atoms with van der Waals surface area (Å²) in [5.41, 5.74) is 3.77. The number of aromatic nitrogens is 3. The number of amides is 1. The number of aryl methyl sites for hydroxylation is 1. The van der Waals surface area contributed by atoms with Crippen molar-refractivity contribution < 1.29 is 22.1 Å². The molecule has 0 atom stereocenters. The molecule has 1 amide bonds. The molecule has 0 fully saturated rings. The minimum Gasteiger partial charge on any atom is -0.354 e. The van der Waals surface area contributed by atoms with Gasteiger partial charge in [-0.25, -0.2) is 12.8 Å². The number of anilines is 1. The number of hydrogen-bond acceptors (Lipinski definition) is 6. The van der Waals surface area contributed by atoms with E-state index in [9.17, 15) is 17.6 Å². The Bertz CT molecular complexity index is 1600. The number of rotatable bonds is 5. The Hall–Kier alpha value is -4.17. The van der Waals surface area contributed by atoms with Crippen LogP contribution in [0.5, 0.6) is 0 Å². The van der Waals surface area contributed by atoms with Crippen molar-refractivity contribution in [1.82, 2.24) is 19.8 Å². The van der Waals surface area contributed by atoms with Crippen LogP contribution >= 0.6 is 0 Å². The summed E-state index contributed by atoms with van der Waals surface area (Å²) in [6.07, 6.45) is 6.94. The predicted molar refractivity (Wildman–Crippen MR) is 120 cm³/mol. The van der Waals surface area contributed by atoms with Gasteiger partial charge in [-0.3, -0.25) is 14.2 Å². The zero-order valence-electron chi connectivity index (χ0n) is 17.9. The number of nitrogens with zero attached hydrogens (tertiary/aromatic N) is 4. The Morgan fingerprint density at radius 1 is 1.29 bits per heavy atom. The monoisotopic (exact) mass is 479 g/mol. The Balaban J connectivity index is 1.42. The summed E-state index contributed by atoms with van der Waals surface area (Å²) in [7, 11) is -4.20. The molecular formula is C23H18FN5O4S. The summed E-state index contributed by atoms with van der Waals surface area (Å²) in [4.78, 5) is 12.9. The van der Waals surface area contributed by atoms with Crippen LogP contribution < -0.4 is 4.72 Å². The number of nitrogens with one attached hydrogen (secondary N) is 1. The third-order valence-electron chi connectivity index (χ3n) is 5.67. The highest BCUT2D eigenvalue weighted by molar-refractivity contribution is 7.92. The summed E-state index contributed by atoms with van der Waals surface area (Å²) in [6, 6.07) is 8.69. The van der Waals surface area contributed by atoms with E-state index in [0.29, 0.717) is 36.2 Å². The van der Waals surface area contributed by atoms with Crippen LogP contribution in [0.15, 0.2) is 52.0 Å². The first-order chi connectivity index (χ1) is 16.3. The quantitative estimate of drug-likeness (QED) is 0.441. The highest BCUT2D eigenvalue weighted by atomic mass is 32.2. The van der Waals surface area contributed by atoms with E-state index in [-0.39, 0.29) is 11.7 Å². The largest absolute Gasteiger partial charge is 0.354 e. The van der Waals surface area contributed by atoms with Crippen LogP contribution in [0.1, 0.15) is 22.4 Å². The second kappa shape index (κ2) is 8.00. The lowest BCUT2D eigenvalue weighted by Crippen LogP contribution is -2.24. The summed E-state index contributed by atoms with van der Waals surface area (Å²) < 4.78 is 48.9. The van der Waals surface area contributed by atoms with Gasteiger partial charge in [0, 0.05) is 5.56 Å². The molecule has 0 saturated carbocycles. The maximum Gasteiger partial charge on any atom is 0.298 e. The summed E-state index contributed by atoms with van der Waals surface area (Å²) >= 11 is 0. The van der Waals surface area contributed by atoms with E-state index >= 15 is 0 Å². The SMILES string of the molecule is C#CC(=O)N1Cc2cnn(Cc3cc(C)c4c(NS(=O)(=O)c5ccccc5F)noc4c3)c2C1. The van der Waals surface area contributed by atoms with Crippen molar-refractivity contribution in [3.63, 3.8) is 0 Å². The molecule has 3 heterocycles. The van der Waals surface area contributed by atoms with Gasteiger partial charge in [0.2, 0.25) is 0 Å². The fraction of sp³-hybridized carbons (Fsp3) is 0.174. The zero-order chi connectivity index (χ0) is 24.0. The molecule has 34 heavy (non-hydrogen) atoms. The van der Waals surface area contributed by atoms with Gasteiger partial charge in [-0.2, -0.15) is 5.10 Å². The number of sulfonamides is 1. The van der Waals surface area contributed by atoms with E-state index in [1.54, 1.807) is 28.8 Å². The smallest absolute Gasteiger partial charge is 0.298 e. The van der Waals surface area contributed by atoms with E-state index < -0.39 is 20.7 Å². The number of fused-ring (bicyclic) bond motifs is 2. The Kier molecular flexibility index (Phi) is 5.10. The Morgan fingerprint density at radius 3 is 2.85 bits per heavy atom. The van der Waals surface area contributed by atoms with Gasteiger partial charge in [0.05, 0.1) is 36.9 Å². The molecule has 0 radical (unpaired) electrons. The van der Waals surface area contributed by atoms with Crippen LogP contribution in [0.25, 0.3) is 11.0 Å². The van der Waals surface area contributed by atoms with Gasteiger partial charge >= 0.3 is 0 Å². The predicted octanol–water partition coefficient (Wildman–Crippen LogP) is 2.80. The molecule has 11 heteroatoms. The number of carbonyl (C=O) groups is 1. The maximum atomic E-state index is 14.0. The van der Waals surface area contributed by atoms with Crippen LogP contribution in [-0.2, 0) is 34.5 Å². The Labute approximate surface area is 194 Å². The molecule has 172 valence electrons. The lowest BCUT2D eigenvalue weighted by atomic mass is 10.1. The number of halogens is 1. The van der Waals surface area contributed by atoms with Gasteiger partial charge in [0.15, 0.2) is 11.4 Å². The number of hydrogen-bond donors (Lipinski definition) is 1. The molecule has 2 aromatic carbocycles. The van der Waals surface area contributed by atoms with Gasteiger partial charge in [-0.15, -0.1) is 6.42 Å². The van der Waals surface area contributed by atoms with E-state index in [0.717, 1.165) is 22.9 Å². The number of carbonyl (C=O) groups excluding carboxylic acids is 1. The molecule has 1 aliphatic rings. The molecule has 0 unspecified atom stereocenters. The van der Waals surface area contributed by atoms with Crippen molar-refractivity contribution in [2.45, 2.75) is 31.5 Å². The van der Waals surface area contributed by atoms with Gasteiger partial charge in [0.25, 0.3) is 15.9 Å². The first kappa shape index (κ1) is 21.7. The third kappa shape index (κ3) is 3.68. The summed E-state index contributed by atoms with van der Waals surface area (Å²) in [6.45, 7) is 3.00. The van der Waals surface area contributed by atoms with Crippen LogP contribution in [0.4, 0.5) is 10.2 Å². The minimum absolute atomic E-state index is 0.0225. The molecule has 0 bridgehead atoms. The molecule has 4 aromatic rings. The van der Waals surface area contributed by atoms with E-state index in [4.69, 9.17) is 10.9 Å². The Morgan fingerprint density at radius 2 is 2.09 bits per heavy atom. The van der Waals surface area contributed by atoms with Gasteiger partial charge in [-0.05, 0) is 42.2 Å². The molecule has 0 spiro atoms. The summed E-state index contributed by atoms with van der Waals surface area (Å²) in [5, 5.41) is 8.74. The highest BCUT2D eigenvalue weighted by Crippen LogP contribution is 2.31. The lowest BCUT2D eigenvalue weighted by molar-refractivity contribution is -0.125. The molecule has 0 aliphatic carbocycles. The minimum atomic E-state index is -4.20. The van der Waals surface area contributed by atoms with Crippen molar-refractivity contribution in [1.29, 1.82) is 0 Å². The van der Waals surface area contributed by atoms with Crippen LogP contribution in [0, 0.1) is 25.1 Å². The number of benzene rings is 2. The molecule has 1 N–H and O–H groups in total. The molecule has 5 rings (SSSR count). The molecule has 2 aromatic heterocycles. The van der Waals surface area contributed by atoms with Gasteiger partial charge < -0.3 is 9.42 Å². The normalized spacial score (nSPS) is 13.1. The average molecular weight is 479 g/mol. The maximum absolute atomic E-state index is 14.0. The first-order valence-corrected chi connectivity index (χ1v) is 11.7. The molecule has 0 saturated heterocycles. The number of terminal acetylenes is 1. The summed E-state index contributed by atoms with van der Waals surface area (Å²) in [5.74, 6) is 0.873. The third-order valence-corrected chi connectivity index (χ3v) is 7.04. The molecule has 9 nitrogen and oxygen atoms in total. The van der Waals surface area contributed by atoms with Crippen LogP contribution in [0.2, 0.25) is 0 Å². The zero-order valence-corrected chi connectivity index (χ0v) is 18.8. The topological polar surface area (TPSA) is 110 Å². The fourth-order valence-electron chi connectivity index (χ4n) is 4.10. The van der Waals surface area contributed by atoms with Crippen molar-refractivity contribution in [3.8, 4) is 12.3 Å². The fourth-order valence-corrected chi connectivity index (χ4v) is 5.19. The first-order valence-electron chi connectivity index (χ1n) is 10.2. The van der Waals surface area contributed by atoms with E-state index in [1.165, 1.54) is 18.2 Å². The van der Waals surface area contributed by atoms with Crippen molar-refractivity contribution in [3.05, 3.63) is 70.8 Å². The molecular weight excluding hydrogens is 461 g/mol. The highest BCUT2D eigenvalue weighted by Gasteiger charge is 2.27. The second-order valence-electron chi connectivity index (χ2n) is 7.93. The van der Waals surface area contributed by atoms with Gasteiger partial charge in [-0.1, -0.05) is 23.4 Å². The van der Waals surface area contributed by atoms with Crippen molar-refractivity contribution in [2.24, 2.45) is 0 Å². The van der Waals surface area contributed by atoms with E-state index in [2.05, 4.69) is 20.9 Å². The van der Waals surface area contributed by atoms with Crippen molar-refractivity contribution >= 4 is 32.7 Å². The standard InChI is InChI=1S/C23H18FN5O4S/c1-3-21(30)28-12-16-10-25-29(18(16)13-28)11-15-8-14(2)22-19(9-15)33-26-23(22)27-34(31,32)20-7-5-4-6-17(20)24/h1,4-10H,11-13H2,2H3,(H,26,27).